The Morgan fingerprint density at radius 3 is 2.36 bits per heavy atom. The molecule has 0 radical (unpaired) electrons. The van der Waals surface area contributed by atoms with Gasteiger partial charge in [-0.3, -0.25) is 4.79 Å². The molecule has 1 saturated heterocycles. The number of carbonyl (C=O) groups is 1. The molecule has 2 aromatic rings. The lowest BCUT2D eigenvalue weighted by Crippen LogP contribution is -2.44. The number of nitrogens with one attached hydrogen (secondary N) is 2. The van der Waals surface area contributed by atoms with E-state index in [0.29, 0.717) is 24.5 Å². The number of likely N-dealkylation sites (N-methyl/N-ethyl adjacent to an activating group) is 1. The maximum absolute atomic E-state index is 13.1. The van der Waals surface area contributed by atoms with Crippen molar-refractivity contribution in [1.29, 1.82) is 0 Å². The highest BCUT2D eigenvalue weighted by Crippen LogP contribution is 2.56. The van der Waals surface area contributed by atoms with E-state index in [9.17, 15) is 15.0 Å². The highest BCUT2D eigenvalue weighted by molar-refractivity contribution is 5.77. The zero-order chi connectivity index (χ0) is 27.7. The van der Waals surface area contributed by atoms with Gasteiger partial charge in [0, 0.05) is 43.8 Å². The van der Waals surface area contributed by atoms with Crippen LogP contribution in [0, 0.1) is 11.8 Å². The number of methoxy groups -OCH3 is 2. The number of phenolic OH excluding ortho intramolecular Hbond substituents is 1. The number of hydrogen-bond acceptors (Lipinski definition) is 10. The number of phenols is 1. The third-order valence-electron chi connectivity index (χ3n) is 7.79. The molecule has 3 aliphatic rings. The van der Waals surface area contributed by atoms with E-state index in [0.717, 1.165) is 29.8 Å². The van der Waals surface area contributed by atoms with E-state index in [1.54, 1.807) is 12.1 Å². The van der Waals surface area contributed by atoms with Crippen LogP contribution < -0.4 is 29.6 Å². The van der Waals surface area contributed by atoms with Gasteiger partial charge in [-0.15, -0.1) is 0 Å². The van der Waals surface area contributed by atoms with Crippen molar-refractivity contribution >= 4 is 5.91 Å². The lowest BCUT2D eigenvalue weighted by molar-refractivity contribution is -0.122. The molecule has 0 bridgehead atoms. The number of ether oxygens (including phenoxy) is 5. The molecule has 11 heteroatoms. The van der Waals surface area contributed by atoms with Gasteiger partial charge in [-0.1, -0.05) is 0 Å². The fourth-order valence-corrected chi connectivity index (χ4v) is 5.88. The highest BCUT2D eigenvalue weighted by atomic mass is 16.7. The fourth-order valence-electron chi connectivity index (χ4n) is 5.88. The topological polar surface area (TPSA) is 131 Å². The summed E-state index contributed by atoms with van der Waals surface area (Å²) in [6, 6.07) is 6.93. The van der Waals surface area contributed by atoms with Crippen LogP contribution in [0.15, 0.2) is 24.3 Å². The van der Waals surface area contributed by atoms with Gasteiger partial charge in [-0.25, -0.2) is 0 Å². The summed E-state index contributed by atoms with van der Waals surface area (Å²) in [7, 11) is 6.96. The van der Waals surface area contributed by atoms with Crippen molar-refractivity contribution in [2.75, 3.05) is 61.3 Å². The Morgan fingerprint density at radius 1 is 1.05 bits per heavy atom. The number of aliphatic hydroxyl groups excluding tert-OH is 1. The molecule has 1 amide bonds. The van der Waals surface area contributed by atoms with E-state index in [4.69, 9.17) is 23.7 Å². The van der Waals surface area contributed by atoms with Crippen molar-refractivity contribution in [3.63, 3.8) is 0 Å². The van der Waals surface area contributed by atoms with Crippen molar-refractivity contribution in [2.45, 2.75) is 24.7 Å². The van der Waals surface area contributed by atoms with Crippen molar-refractivity contribution in [3.8, 4) is 28.7 Å². The second kappa shape index (κ2) is 11.5. The molecule has 2 aromatic carbocycles. The van der Waals surface area contributed by atoms with Crippen molar-refractivity contribution < 1.29 is 38.7 Å². The van der Waals surface area contributed by atoms with E-state index >= 15 is 0 Å². The van der Waals surface area contributed by atoms with Crippen molar-refractivity contribution in [1.82, 2.24) is 15.5 Å². The predicted molar refractivity (Wildman–Crippen MR) is 141 cm³/mol. The standard InChI is InChI=1S/C28H37N3O8/c1-31(2)8-7-29-6-5-23(32)30-26-17-12-20-19(38-14-39-20)11-16(17)24(25-18(26)13-37-28(25)34)15-9-21(35-3)27(33)22(10-15)36-4/h9-12,18,24-26,28-29,33-34H,5-8,13-14H2,1-4H3,(H,30,32)/t18-,24+,25-,26+,28?/m0/s1. The number of rotatable bonds is 10. The van der Waals surface area contributed by atoms with E-state index in [1.165, 1.54) is 14.2 Å². The second-order valence-corrected chi connectivity index (χ2v) is 10.4. The Labute approximate surface area is 227 Å². The van der Waals surface area contributed by atoms with Gasteiger partial charge in [0.25, 0.3) is 0 Å². The number of benzene rings is 2. The third kappa shape index (κ3) is 5.31. The quantitative estimate of drug-likeness (QED) is 0.328. The summed E-state index contributed by atoms with van der Waals surface area (Å²) in [6.07, 6.45) is -0.739. The summed E-state index contributed by atoms with van der Waals surface area (Å²) in [5.74, 6) is 0.565. The number of nitrogens with zero attached hydrogens (tertiary/aromatic N) is 1. The zero-order valence-electron chi connectivity index (χ0n) is 22.7. The Morgan fingerprint density at radius 2 is 1.72 bits per heavy atom. The minimum absolute atomic E-state index is 0.0902. The van der Waals surface area contributed by atoms with Gasteiger partial charge in [0.05, 0.1) is 26.9 Å². The average molecular weight is 544 g/mol. The normalized spacial score (nSPS) is 24.8. The van der Waals surface area contributed by atoms with Crippen LogP contribution in [0.5, 0.6) is 28.7 Å². The minimum Gasteiger partial charge on any atom is -0.502 e. The summed E-state index contributed by atoms with van der Waals surface area (Å²) in [4.78, 5) is 15.2. The molecular weight excluding hydrogens is 506 g/mol. The number of amides is 1. The number of fused-ring (bicyclic) bond motifs is 3. The van der Waals surface area contributed by atoms with Gasteiger partial charge in [-0.05, 0) is 55.1 Å². The van der Waals surface area contributed by atoms with Crippen LogP contribution in [-0.2, 0) is 9.53 Å². The maximum atomic E-state index is 13.1. The summed E-state index contributed by atoms with van der Waals surface area (Å²) < 4.78 is 28.0. The molecule has 0 saturated carbocycles. The van der Waals surface area contributed by atoms with Gasteiger partial charge in [-0.2, -0.15) is 0 Å². The molecule has 1 fully saturated rings. The van der Waals surface area contributed by atoms with Gasteiger partial charge in [0.2, 0.25) is 18.4 Å². The van der Waals surface area contributed by atoms with Crippen LogP contribution >= 0.6 is 0 Å². The summed E-state index contributed by atoms with van der Waals surface area (Å²) >= 11 is 0. The zero-order valence-corrected chi connectivity index (χ0v) is 22.7. The van der Waals surface area contributed by atoms with Crippen LogP contribution in [0.4, 0.5) is 0 Å². The second-order valence-electron chi connectivity index (χ2n) is 10.4. The number of carbonyl (C=O) groups excluding carboxylic acids is 1. The molecule has 1 unspecified atom stereocenters. The van der Waals surface area contributed by atoms with Crippen molar-refractivity contribution in [3.05, 3.63) is 41.0 Å². The Bertz CT molecular complexity index is 1180. The van der Waals surface area contributed by atoms with E-state index in [2.05, 4.69) is 15.5 Å². The summed E-state index contributed by atoms with van der Waals surface area (Å²) in [6.45, 7) is 2.62. The molecule has 212 valence electrons. The lowest BCUT2D eigenvalue weighted by atomic mass is 9.65. The first kappa shape index (κ1) is 27.3. The lowest BCUT2D eigenvalue weighted by Gasteiger charge is -2.41. The SMILES string of the molecule is COc1cc([C@@H]2c3cc4c(cc3[C@@H](NC(=O)CCNCCN(C)C)[C@H]3COC(O)[C@H]23)OCO4)cc(OC)c1O. The monoisotopic (exact) mass is 543 g/mol. The molecule has 5 rings (SSSR count). The molecular formula is C28H37N3O8. The van der Waals surface area contributed by atoms with E-state index in [-0.39, 0.29) is 54.3 Å². The molecule has 2 heterocycles. The molecule has 11 nitrogen and oxygen atoms in total. The molecule has 1 aliphatic carbocycles. The van der Waals surface area contributed by atoms with Crippen LogP contribution in [-0.4, -0.2) is 88.7 Å². The number of hydrogen-bond donors (Lipinski definition) is 4. The fraction of sp³-hybridized carbons (Fsp3) is 0.536. The van der Waals surface area contributed by atoms with Gasteiger partial charge in [0.15, 0.2) is 29.3 Å². The Hall–Kier alpha value is -3.25. The van der Waals surface area contributed by atoms with Gasteiger partial charge >= 0.3 is 0 Å². The van der Waals surface area contributed by atoms with Crippen LogP contribution in [0.2, 0.25) is 0 Å². The third-order valence-corrected chi connectivity index (χ3v) is 7.79. The Kier molecular flexibility index (Phi) is 8.03. The molecule has 4 N–H and O–H groups in total. The molecule has 0 spiro atoms. The van der Waals surface area contributed by atoms with Crippen molar-refractivity contribution in [2.24, 2.45) is 11.8 Å². The summed E-state index contributed by atoms with van der Waals surface area (Å²) in [5, 5.41) is 28.1. The summed E-state index contributed by atoms with van der Waals surface area (Å²) in [5.41, 5.74) is 2.52. The number of aromatic hydroxyl groups is 1. The van der Waals surface area contributed by atoms with Crippen LogP contribution in [0.25, 0.3) is 0 Å². The van der Waals surface area contributed by atoms with E-state index in [1.807, 2.05) is 26.2 Å². The van der Waals surface area contributed by atoms with E-state index < -0.39 is 12.3 Å². The highest BCUT2D eigenvalue weighted by Gasteiger charge is 2.52. The predicted octanol–water partition coefficient (Wildman–Crippen LogP) is 1.56. The largest absolute Gasteiger partial charge is 0.502 e. The van der Waals surface area contributed by atoms with Crippen LogP contribution in [0.1, 0.15) is 35.1 Å². The Balaban J connectivity index is 1.51. The first-order valence-corrected chi connectivity index (χ1v) is 13.1. The molecule has 0 aromatic heterocycles. The molecule has 5 atom stereocenters. The average Bonchev–Trinajstić information content (AvgIpc) is 3.54. The van der Waals surface area contributed by atoms with Gasteiger partial charge in [0.1, 0.15) is 0 Å². The molecule has 39 heavy (non-hydrogen) atoms. The number of aliphatic hydroxyl groups is 1. The van der Waals surface area contributed by atoms with Crippen LogP contribution in [0.3, 0.4) is 0 Å². The van der Waals surface area contributed by atoms with Gasteiger partial charge < -0.3 is 49.4 Å². The maximum Gasteiger partial charge on any atom is 0.231 e. The smallest absolute Gasteiger partial charge is 0.231 e. The molecule has 2 aliphatic heterocycles. The first-order valence-electron chi connectivity index (χ1n) is 13.1. The minimum atomic E-state index is -1.06. The first-order chi connectivity index (χ1) is 18.8.